The lowest BCUT2D eigenvalue weighted by molar-refractivity contribution is -0.146. The molecule has 1 rings (SSSR count). The summed E-state index contributed by atoms with van der Waals surface area (Å²) >= 11 is 0. The molecule has 366 valence electrons. The average molecular weight is 881 g/mol. The number of hydrogen-bond donors (Lipinski definition) is 3. The van der Waals surface area contributed by atoms with Crippen molar-refractivity contribution in [2.75, 3.05) is 59.2 Å². The van der Waals surface area contributed by atoms with Crippen LogP contribution < -0.4 is 16.8 Å². The van der Waals surface area contributed by atoms with E-state index in [4.69, 9.17) is 30.4 Å². The van der Waals surface area contributed by atoms with Crippen molar-refractivity contribution in [2.24, 2.45) is 11.5 Å². The van der Waals surface area contributed by atoms with Gasteiger partial charge in [-0.3, -0.25) is 19.3 Å². The van der Waals surface area contributed by atoms with E-state index in [2.05, 4.69) is 19.2 Å². The number of unbranched alkanes of at least 4 members (excludes halogenated alkanes) is 30. The van der Waals surface area contributed by atoms with Crippen molar-refractivity contribution in [1.82, 2.24) is 10.2 Å². The van der Waals surface area contributed by atoms with Crippen LogP contribution in [0.5, 0.6) is 0 Å². The van der Waals surface area contributed by atoms with Crippen LogP contribution in [0.25, 0.3) is 0 Å². The van der Waals surface area contributed by atoms with Crippen LogP contribution in [0.3, 0.4) is 0 Å². The van der Waals surface area contributed by atoms with Gasteiger partial charge in [0.2, 0.25) is 5.91 Å². The van der Waals surface area contributed by atoms with Gasteiger partial charge in [0.1, 0.15) is 0 Å². The van der Waals surface area contributed by atoms with E-state index >= 15 is 0 Å². The Balaban J connectivity index is 2.36. The van der Waals surface area contributed by atoms with E-state index < -0.39 is 18.0 Å². The molecule has 62 heavy (non-hydrogen) atoms. The molecule has 0 aromatic heterocycles. The standard InChI is InChI=1S/C51H100N4O7/c1-3-5-7-9-11-13-15-17-19-21-23-25-27-29-31-33-37-61-50(57)41-46(54-49(56)45-55-43-47(59-39-35-52)48(44-55)60-40-36-53)42-51(58)62-38-34-32-30-28-26-24-22-20-18-16-14-12-10-8-6-4-2/h46-48H,3-45,52-53H2,1-2H3,(H,54,56)/t47-,48-/m1/s1. The Labute approximate surface area is 381 Å². The summed E-state index contributed by atoms with van der Waals surface area (Å²) in [5, 5.41) is 2.93. The van der Waals surface area contributed by atoms with Crippen LogP contribution in [0.4, 0.5) is 0 Å². The molecule has 11 heteroatoms. The maximum Gasteiger partial charge on any atom is 0.307 e. The summed E-state index contributed by atoms with van der Waals surface area (Å²) < 4.78 is 22.9. The van der Waals surface area contributed by atoms with Gasteiger partial charge in [0, 0.05) is 32.2 Å². The van der Waals surface area contributed by atoms with Crippen LogP contribution >= 0.6 is 0 Å². The second kappa shape index (κ2) is 44.4. The number of esters is 2. The molecular formula is C51H100N4O7. The molecule has 1 fully saturated rings. The molecule has 0 unspecified atom stereocenters. The number of nitrogens with two attached hydrogens (primary N) is 2. The SMILES string of the molecule is CCCCCCCCCCCCCCCCCCOC(=O)CC(CC(=O)OCCCCCCCCCCCCCCCCCC)NC(=O)CN1C[C@@H](OCCN)[C@H](OCCN)C1. The minimum absolute atomic E-state index is 0.0801. The minimum Gasteiger partial charge on any atom is -0.466 e. The summed E-state index contributed by atoms with van der Waals surface area (Å²) in [5.74, 6) is -1.09. The number of carbonyl (C=O) groups excluding carboxylic acids is 3. The van der Waals surface area contributed by atoms with Gasteiger partial charge in [0.25, 0.3) is 0 Å². The van der Waals surface area contributed by atoms with Crippen molar-refractivity contribution in [3.8, 4) is 0 Å². The molecule has 0 aromatic rings. The second-order valence-corrected chi connectivity index (χ2v) is 18.3. The smallest absolute Gasteiger partial charge is 0.307 e. The summed E-state index contributed by atoms with van der Waals surface area (Å²) in [4.78, 5) is 41.1. The maximum absolute atomic E-state index is 13.3. The summed E-state index contributed by atoms with van der Waals surface area (Å²) in [6, 6.07) is -0.713. The fourth-order valence-electron chi connectivity index (χ4n) is 8.55. The topological polar surface area (TPSA) is 155 Å². The summed E-state index contributed by atoms with van der Waals surface area (Å²) in [7, 11) is 0. The largest absolute Gasteiger partial charge is 0.466 e. The first-order chi connectivity index (χ1) is 30.4. The van der Waals surface area contributed by atoms with E-state index in [-0.39, 0.29) is 37.5 Å². The van der Waals surface area contributed by atoms with Crippen molar-refractivity contribution in [1.29, 1.82) is 0 Å². The van der Waals surface area contributed by atoms with E-state index in [0.717, 1.165) is 38.5 Å². The third kappa shape index (κ3) is 36.5. The Kier molecular flexibility index (Phi) is 41.7. The summed E-state index contributed by atoms with van der Waals surface area (Å²) in [6.07, 6.45) is 40.5. The van der Waals surface area contributed by atoms with Gasteiger partial charge in [-0.25, -0.2) is 0 Å². The molecule has 0 spiro atoms. The van der Waals surface area contributed by atoms with E-state index in [9.17, 15) is 14.4 Å². The second-order valence-electron chi connectivity index (χ2n) is 18.3. The number of amides is 1. The van der Waals surface area contributed by atoms with Crippen LogP contribution in [-0.4, -0.2) is 100 Å². The van der Waals surface area contributed by atoms with E-state index in [0.29, 0.717) is 52.6 Å². The highest BCUT2D eigenvalue weighted by Crippen LogP contribution is 2.18. The molecule has 2 atom stereocenters. The lowest BCUT2D eigenvalue weighted by atomic mass is 10.0. The number of nitrogens with zero attached hydrogens (tertiary/aromatic N) is 1. The molecule has 1 aliphatic heterocycles. The maximum atomic E-state index is 13.3. The zero-order valence-corrected chi connectivity index (χ0v) is 40.6. The van der Waals surface area contributed by atoms with Gasteiger partial charge in [0.15, 0.2) is 0 Å². The third-order valence-corrected chi connectivity index (χ3v) is 12.3. The molecule has 0 aromatic carbocycles. The lowest BCUT2D eigenvalue weighted by Crippen LogP contribution is -2.44. The number of hydrogen-bond acceptors (Lipinski definition) is 10. The molecule has 1 heterocycles. The fraction of sp³-hybridized carbons (Fsp3) is 0.941. The van der Waals surface area contributed by atoms with Crippen LogP contribution in [-0.2, 0) is 33.3 Å². The Morgan fingerprint density at radius 1 is 0.468 bits per heavy atom. The predicted octanol–water partition coefficient (Wildman–Crippen LogP) is 10.9. The Morgan fingerprint density at radius 2 is 0.758 bits per heavy atom. The summed E-state index contributed by atoms with van der Waals surface area (Å²) in [6.45, 7) is 7.95. The van der Waals surface area contributed by atoms with Gasteiger partial charge in [-0.1, -0.05) is 206 Å². The van der Waals surface area contributed by atoms with Crippen molar-refractivity contribution < 1.29 is 33.3 Å². The highest BCUT2D eigenvalue weighted by molar-refractivity contribution is 5.81. The Bertz CT molecular complexity index is 953. The van der Waals surface area contributed by atoms with Crippen molar-refractivity contribution in [2.45, 2.75) is 250 Å². The van der Waals surface area contributed by atoms with E-state index in [1.807, 2.05) is 4.90 Å². The Morgan fingerprint density at radius 3 is 1.05 bits per heavy atom. The number of ether oxygens (including phenoxy) is 4. The first-order valence-electron chi connectivity index (χ1n) is 26.4. The van der Waals surface area contributed by atoms with Gasteiger partial charge >= 0.3 is 11.9 Å². The molecular weight excluding hydrogens is 781 g/mol. The highest BCUT2D eigenvalue weighted by Gasteiger charge is 2.35. The Hall–Kier alpha value is -1.79. The number of carbonyl (C=O) groups is 3. The number of rotatable bonds is 47. The molecule has 1 saturated heterocycles. The lowest BCUT2D eigenvalue weighted by Gasteiger charge is -2.20. The molecule has 11 nitrogen and oxygen atoms in total. The zero-order chi connectivity index (χ0) is 45.0. The van der Waals surface area contributed by atoms with Gasteiger partial charge in [-0.05, 0) is 12.8 Å². The van der Waals surface area contributed by atoms with Crippen LogP contribution in [0.2, 0.25) is 0 Å². The first-order valence-corrected chi connectivity index (χ1v) is 26.4. The van der Waals surface area contributed by atoms with Crippen molar-refractivity contribution >= 4 is 17.8 Å². The van der Waals surface area contributed by atoms with Gasteiger partial charge in [0.05, 0.1) is 58.0 Å². The van der Waals surface area contributed by atoms with Crippen molar-refractivity contribution in [3.05, 3.63) is 0 Å². The third-order valence-electron chi connectivity index (χ3n) is 12.3. The quantitative estimate of drug-likeness (QED) is 0.0397. The first kappa shape index (κ1) is 58.2. The minimum atomic E-state index is -0.713. The van der Waals surface area contributed by atoms with Gasteiger partial charge in [-0.2, -0.15) is 0 Å². The van der Waals surface area contributed by atoms with Crippen LogP contribution in [0.15, 0.2) is 0 Å². The van der Waals surface area contributed by atoms with Crippen LogP contribution in [0.1, 0.15) is 232 Å². The highest BCUT2D eigenvalue weighted by atomic mass is 16.5. The molecule has 0 aliphatic carbocycles. The van der Waals surface area contributed by atoms with Gasteiger partial charge < -0.3 is 35.7 Å². The normalized spacial score (nSPS) is 15.4. The number of nitrogens with one attached hydrogen (secondary N) is 1. The number of likely N-dealkylation sites (tertiary alicyclic amines) is 1. The molecule has 1 amide bonds. The van der Waals surface area contributed by atoms with Gasteiger partial charge in [-0.15, -0.1) is 0 Å². The summed E-state index contributed by atoms with van der Waals surface area (Å²) in [5.41, 5.74) is 11.3. The molecule has 5 N–H and O–H groups in total. The van der Waals surface area contributed by atoms with Crippen LogP contribution in [0, 0.1) is 0 Å². The fourth-order valence-corrected chi connectivity index (χ4v) is 8.55. The molecule has 0 saturated carbocycles. The average Bonchev–Trinajstić information content (AvgIpc) is 3.64. The molecule has 0 bridgehead atoms. The van der Waals surface area contributed by atoms with E-state index in [1.54, 1.807) is 0 Å². The molecule has 1 aliphatic rings. The zero-order valence-electron chi connectivity index (χ0n) is 40.6. The van der Waals surface area contributed by atoms with Crippen molar-refractivity contribution in [3.63, 3.8) is 0 Å². The van der Waals surface area contributed by atoms with E-state index in [1.165, 1.54) is 167 Å². The predicted molar refractivity (Wildman–Crippen MR) is 256 cm³/mol. The molecule has 0 radical (unpaired) electrons. The monoisotopic (exact) mass is 881 g/mol.